The second kappa shape index (κ2) is 8.40. The average molecular weight is 268 g/mol. The summed E-state index contributed by atoms with van der Waals surface area (Å²) in [5.41, 5.74) is 10.4. The SMILES string of the molecule is C=C(C)/C=C/COC(=O)C(/C=C/c1ccccc1)=[N+]=[N-]. The fourth-order valence-electron chi connectivity index (χ4n) is 1.33. The van der Waals surface area contributed by atoms with Crippen molar-refractivity contribution in [3.8, 4) is 0 Å². The molecule has 1 aromatic rings. The Morgan fingerprint density at radius 2 is 2.05 bits per heavy atom. The quantitative estimate of drug-likeness (QED) is 0.262. The highest BCUT2D eigenvalue weighted by molar-refractivity contribution is 6.39. The second-order valence-corrected chi connectivity index (χ2v) is 4.08. The summed E-state index contributed by atoms with van der Waals surface area (Å²) in [7, 11) is 0. The zero-order valence-electron chi connectivity index (χ0n) is 11.3. The van der Waals surface area contributed by atoms with E-state index in [-0.39, 0.29) is 12.3 Å². The molecule has 0 bridgehead atoms. The van der Waals surface area contributed by atoms with E-state index in [0.29, 0.717) is 0 Å². The van der Waals surface area contributed by atoms with Crippen molar-refractivity contribution in [1.29, 1.82) is 0 Å². The van der Waals surface area contributed by atoms with Gasteiger partial charge >= 0.3 is 11.7 Å². The van der Waals surface area contributed by atoms with Crippen molar-refractivity contribution in [3.63, 3.8) is 0 Å². The molecule has 4 nitrogen and oxygen atoms in total. The summed E-state index contributed by atoms with van der Waals surface area (Å²) in [6.45, 7) is 5.62. The molecule has 0 saturated heterocycles. The fourth-order valence-corrected chi connectivity index (χ4v) is 1.33. The standard InChI is InChI=1S/C16H16N2O2/c1-13(2)7-6-12-20-16(19)15(18-17)11-10-14-8-4-3-5-9-14/h3-11H,1,12H2,2H3/b7-6+,11-10+. The van der Waals surface area contributed by atoms with Crippen LogP contribution >= 0.6 is 0 Å². The Kier molecular flexibility index (Phi) is 6.45. The number of hydrogen-bond acceptors (Lipinski definition) is 2. The first-order chi connectivity index (χ1) is 9.63. The summed E-state index contributed by atoms with van der Waals surface area (Å²) in [5.74, 6) is -0.689. The van der Waals surface area contributed by atoms with Gasteiger partial charge in [0.05, 0.1) is 0 Å². The minimum Gasteiger partial charge on any atom is -0.453 e. The summed E-state index contributed by atoms with van der Waals surface area (Å²) in [4.78, 5) is 14.6. The van der Waals surface area contributed by atoms with E-state index in [9.17, 15) is 4.79 Å². The zero-order chi connectivity index (χ0) is 14.8. The molecule has 0 atom stereocenters. The first-order valence-corrected chi connectivity index (χ1v) is 6.08. The van der Waals surface area contributed by atoms with Crippen LogP contribution in [-0.2, 0) is 9.53 Å². The van der Waals surface area contributed by atoms with Crippen LogP contribution in [0.4, 0.5) is 0 Å². The monoisotopic (exact) mass is 268 g/mol. The van der Waals surface area contributed by atoms with E-state index in [0.717, 1.165) is 11.1 Å². The Labute approximate surface area is 118 Å². The lowest BCUT2D eigenvalue weighted by Crippen LogP contribution is -2.16. The number of carbonyl (C=O) groups excluding carboxylic acids is 1. The van der Waals surface area contributed by atoms with Crippen LogP contribution in [0.1, 0.15) is 12.5 Å². The third-order valence-electron chi connectivity index (χ3n) is 2.26. The molecule has 1 rings (SSSR count). The van der Waals surface area contributed by atoms with Gasteiger partial charge in [-0.3, -0.25) is 0 Å². The molecule has 102 valence electrons. The number of ether oxygens (including phenoxy) is 1. The van der Waals surface area contributed by atoms with E-state index in [1.54, 1.807) is 18.2 Å². The predicted octanol–water partition coefficient (Wildman–Crippen LogP) is 3.05. The van der Waals surface area contributed by atoms with Crippen molar-refractivity contribution in [2.75, 3.05) is 6.61 Å². The van der Waals surface area contributed by atoms with Gasteiger partial charge in [0.2, 0.25) is 0 Å². The van der Waals surface area contributed by atoms with Crippen molar-refractivity contribution in [2.24, 2.45) is 0 Å². The Bertz CT molecular complexity index is 580. The highest BCUT2D eigenvalue weighted by Crippen LogP contribution is 2.01. The topological polar surface area (TPSA) is 62.7 Å². The lowest BCUT2D eigenvalue weighted by atomic mass is 10.2. The normalized spacial score (nSPS) is 10.4. The molecule has 0 radical (unpaired) electrons. The van der Waals surface area contributed by atoms with E-state index >= 15 is 0 Å². The second-order valence-electron chi connectivity index (χ2n) is 4.08. The van der Waals surface area contributed by atoms with Crippen LogP contribution in [0.25, 0.3) is 11.6 Å². The van der Waals surface area contributed by atoms with Crippen molar-refractivity contribution in [2.45, 2.75) is 6.92 Å². The van der Waals surface area contributed by atoms with Gasteiger partial charge in [0.1, 0.15) is 6.61 Å². The minimum atomic E-state index is -0.689. The lowest BCUT2D eigenvalue weighted by molar-refractivity contribution is -0.138. The molecule has 0 saturated carbocycles. The summed E-state index contributed by atoms with van der Waals surface area (Å²) < 4.78 is 4.92. The van der Waals surface area contributed by atoms with Gasteiger partial charge in [-0.1, -0.05) is 48.6 Å². The maximum atomic E-state index is 11.6. The largest absolute Gasteiger partial charge is 0.453 e. The van der Waals surface area contributed by atoms with Crippen LogP contribution in [0, 0.1) is 0 Å². The van der Waals surface area contributed by atoms with Crippen LogP contribution in [0.5, 0.6) is 0 Å². The predicted molar refractivity (Wildman–Crippen MR) is 79.0 cm³/mol. The van der Waals surface area contributed by atoms with Crippen molar-refractivity contribution in [3.05, 3.63) is 71.8 Å². The number of benzene rings is 1. The summed E-state index contributed by atoms with van der Waals surface area (Å²) in [5, 5.41) is 0. The molecule has 1 aromatic carbocycles. The molecule has 0 aliphatic carbocycles. The maximum Gasteiger partial charge on any atom is 0.421 e. The molecule has 0 spiro atoms. The van der Waals surface area contributed by atoms with Crippen molar-refractivity contribution in [1.82, 2.24) is 0 Å². The molecule has 4 heteroatoms. The lowest BCUT2D eigenvalue weighted by Gasteiger charge is -1.95. The number of nitrogens with zero attached hydrogens (tertiary/aromatic N) is 2. The van der Waals surface area contributed by atoms with Crippen LogP contribution in [0.15, 0.2) is 60.7 Å². The van der Waals surface area contributed by atoms with E-state index < -0.39 is 5.97 Å². The number of esters is 1. The van der Waals surface area contributed by atoms with Gasteiger partial charge in [-0.25, -0.2) is 4.79 Å². The third-order valence-corrected chi connectivity index (χ3v) is 2.26. The third kappa shape index (κ3) is 5.76. The van der Waals surface area contributed by atoms with Crippen molar-refractivity contribution >= 4 is 17.8 Å². The minimum absolute atomic E-state index is 0.101. The van der Waals surface area contributed by atoms with Crippen LogP contribution in [-0.4, -0.2) is 23.1 Å². The van der Waals surface area contributed by atoms with Gasteiger partial charge in [-0.15, -0.1) is 0 Å². The number of rotatable bonds is 6. The number of hydrogen-bond donors (Lipinski definition) is 0. The van der Waals surface area contributed by atoms with Gasteiger partial charge in [0, 0.05) is 6.08 Å². The Morgan fingerprint density at radius 1 is 1.35 bits per heavy atom. The molecule has 0 amide bonds. The van der Waals surface area contributed by atoms with Gasteiger partial charge in [-0.05, 0) is 24.6 Å². The number of allylic oxidation sites excluding steroid dienone is 2. The maximum absolute atomic E-state index is 11.6. The first-order valence-electron chi connectivity index (χ1n) is 6.08. The van der Waals surface area contributed by atoms with Crippen LogP contribution in [0.3, 0.4) is 0 Å². The molecule has 20 heavy (non-hydrogen) atoms. The first kappa shape index (κ1) is 15.3. The molecule has 0 aliphatic heterocycles. The number of carbonyl (C=O) groups is 1. The van der Waals surface area contributed by atoms with Crippen molar-refractivity contribution < 1.29 is 14.3 Å². The summed E-state index contributed by atoms with van der Waals surface area (Å²) >= 11 is 0. The van der Waals surface area contributed by atoms with E-state index in [1.165, 1.54) is 6.08 Å². The van der Waals surface area contributed by atoms with E-state index in [4.69, 9.17) is 10.3 Å². The van der Waals surface area contributed by atoms with Crippen LogP contribution in [0.2, 0.25) is 0 Å². The average Bonchev–Trinajstić information content (AvgIpc) is 2.45. The highest BCUT2D eigenvalue weighted by Gasteiger charge is 2.17. The van der Waals surface area contributed by atoms with Gasteiger partial charge in [0.25, 0.3) is 0 Å². The molecule has 0 fully saturated rings. The summed E-state index contributed by atoms with van der Waals surface area (Å²) in [6.07, 6.45) is 6.47. The molecule has 0 aromatic heterocycles. The Balaban J connectivity index is 2.59. The molecule has 0 aliphatic rings. The van der Waals surface area contributed by atoms with E-state index in [2.05, 4.69) is 11.4 Å². The van der Waals surface area contributed by atoms with Crippen LogP contribution < -0.4 is 0 Å². The van der Waals surface area contributed by atoms with Gasteiger partial charge in [0.15, 0.2) is 0 Å². The smallest absolute Gasteiger partial charge is 0.421 e. The zero-order valence-corrected chi connectivity index (χ0v) is 11.3. The summed E-state index contributed by atoms with van der Waals surface area (Å²) in [6, 6.07) is 9.37. The Hall–Kier alpha value is -2.71. The van der Waals surface area contributed by atoms with Gasteiger partial charge in [-0.2, -0.15) is 4.79 Å². The molecular weight excluding hydrogens is 252 g/mol. The molecule has 0 heterocycles. The molecule has 0 unspecified atom stereocenters. The molecule has 0 N–H and O–H groups in total. The van der Waals surface area contributed by atoms with Gasteiger partial charge < -0.3 is 10.3 Å². The fraction of sp³-hybridized carbons (Fsp3) is 0.125. The highest BCUT2D eigenvalue weighted by atomic mass is 16.5. The Morgan fingerprint density at radius 3 is 2.65 bits per heavy atom. The van der Waals surface area contributed by atoms with E-state index in [1.807, 2.05) is 37.3 Å². The molecular formula is C16H16N2O2.